The molecule has 0 aliphatic carbocycles. The first-order chi connectivity index (χ1) is 19.5. The van der Waals surface area contributed by atoms with Crippen molar-refractivity contribution in [3.8, 4) is 11.1 Å². The molecule has 1 spiro atoms. The Kier molecular flexibility index (Phi) is 7.05. The topological polar surface area (TPSA) is 104 Å². The Hall–Kier alpha value is -4.12. The summed E-state index contributed by atoms with van der Waals surface area (Å²) in [6.45, 7) is 3.99. The van der Waals surface area contributed by atoms with Crippen molar-refractivity contribution >= 4 is 23.7 Å². The van der Waals surface area contributed by atoms with Gasteiger partial charge in [0.1, 0.15) is 5.54 Å². The van der Waals surface area contributed by atoms with Crippen molar-refractivity contribution in [1.82, 2.24) is 20.1 Å². The van der Waals surface area contributed by atoms with Gasteiger partial charge in [-0.3, -0.25) is 14.7 Å². The van der Waals surface area contributed by atoms with Crippen molar-refractivity contribution in [1.29, 1.82) is 0 Å². The molecule has 3 saturated heterocycles. The van der Waals surface area contributed by atoms with Gasteiger partial charge in [0, 0.05) is 25.8 Å². The van der Waals surface area contributed by atoms with Gasteiger partial charge in [0.2, 0.25) is 0 Å². The maximum absolute atomic E-state index is 14.1. The zero-order chi connectivity index (χ0) is 27.7. The number of anilines is 1. The maximum Gasteiger partial charge on any atom is 0.340 e. The van der Waals surface area contributed by atoms with Crippen LogP contribution < -0.4 is 10.2 Å². The van der Waals surface area contributed by atoms with Crippen LogP contribution in [0, 0.1) is 6.92 Å². The Morgan fingerprint density at radius 1 is 0.975 bits per heavy atom. The summed E-state index contributed by atoms with van der Waals surface area (Å²) in [4.78, 5) is 50.3. The second kappa shape index (κ2) is 10.8. The summed E-state index contributed by atoms with van der Waals surface area (Å²) in [7, 11) is 0. The third-order valence-electron chi connectivity index (χ3n) is 7.95. The van der Waals surface area contributed by atoms with Crippen molar-refractivity contribution in [2.24, 2.45) is 0 Å². The lowest BCUT2D eigenvalue weighted by atomic mass is 9.85. The summed E-state index contributed by atoms with van der Waals surface area (Å²) in [6.07, 6.45) is 1.87. The van der Waals surface area contributed by atoms with E-state index >= 15 is 0 Å². The molecule has 6 rings (SSSR count). The molecule has 40 heavy (non-hydrogen) atoms. The van der Waals surface area contributed by atoms with Crippen LogP contribution in [0.1, 0.15) is 24.1 Å². The number of aryl methyl sites for hydroxylation is 1. The zero-order valence-corrected chi connectivity index (χ0v) is 22.3. The highest BCUT2D eigenvalue weighted by Gasteiger charge is 2.61. The highest BCUT2D eigenvalue weighted by atomic mass is 16.8. The molecular formula is C30H31N5O5. The summed E-state index contributed by atoms with van der Waals surface area (Å²) in [5.41, 5.74) is 3.22. The van der Waals surface area contributed by atoms with Crippen molar-refractivity contribution in [3.05, 3.63) is 84.2 Å². The fraction of sp³-hybridized carbons (Fsp3) is 0.333. The van der Waals surface area contributed by atoms with E-state index in [1.54, 1.807) is 18.3 Å². The van der Waals surface area contributed by atoms with Gasteiger partial charge in [-0.15, -0.1) is 0 Å². The summed E-state index contributed by atoms with van der Waals surface area (Å²) in [5.74, 6) is -0.384. The van der Waals surface area contributed by atoms with Crippen molar-refractivity contribution in [3.63, 3.8) is 0 Å². The SMILES string of the molecule is Cc1cccnc1CN1CCC2(CC1)C(=O)N(c1ccc(-c3ccccc3)cc1)C(=O)N2C(=O)NCC1OCO1. The molecule has 10 nitrogen and oxygen atoms in total. The van der Waals surface area contributed by atoms with E-state index in [0.29, 0.717) is 38.2 Å². The van der Waals surface area contributed by atoms with Gasteiger partial charge in [0.25, 0.3) is 5.91 Å². The normalized spacial score (nSPS) is 19.2. The minimum Gasteiger partial charge on any atom is -0.332 e. The third-order valence-corrected chi connectivity index (χ3v) is 7.95. The third kappa shape index (κ3) is 4.74. The number of likely N-dealkylation sites (tertiary alicyclic amines) is 1. The van der Waals surface area contributed by atoms with Gasteiger partial charge in [0.05, 0.1) is 17.9 Å². The van der Waals surface area contributed by atoms with E-state index in [2.05, 4.69) is 15.2 Å². The Balaban J connectivity index is 1.25. The number of amides is 5. The Morgan fingerprint density at radius 2 is 1.68 bits per heavy atom. The van der Waals surface area contributed by atoms with Crippen molar-refractivity contribution in [2.75, 3.05) is 31.3 Å². The Labute approximate surface area is 232 Å². The molecule has 3 aromatic rings. The average molecular weight is 542 g/mol. The van der Waals surface area contributed by atoms with Crippen LogP contribution in [0.25, 0.3) is 11.1 Å². The lowest BCUT2D eigenvalue weighted by Gasteiger charge is -2.41. The predicted molar refractivity (Wildman–Crippen MR) is 147 cm³/mol. The number of carbonyl (C=O) groups is 3. The highest BCUT2D eigenvalue weighted by molar-refractivity contribution is 6.27. The van der Waals surface area contributed by atoms with E-state index in [0.717, 1.165) is 32.2 Å². The number of rotatable bonds is 6. The number of ether oxygens (including phenoxy) is 2. The number of hydrogen-bond donors (Lipinski definition) is 1. The van der Waals surface area contributed by atoms with E-state index in [1.807, 2.05) is 61.5 Å². The van der Waals surface area contributed by atoms with Crippen molar-refractivity contribution in [2.45, 2.75) is 38.1 Å². The molecule has 3 fully saturated rings. The van der Waals surface area contributed by atoms with Gasteiger partial charge in [-0.2, -0.15) is 0 Å². The number of aromatic nitrogens is 1. The van der Waals surface area contributed by atoms with E-state index in [4.69, 9.17) is 9.47 Å². The first-order valence-electron chi connectivity index (χ1n) is 13.4. The number of nitrogens with one attached hydrogen (secondary N) is 1. The van der Waals surface area contributed by atoms with Gasteiger partial charge in [-0.05, 0) is 54.7 Å². The first kappa shape index (κ1) is 26.1. The molecule has 5 amide bonds. The maximum atomic E-state index is 14.1. The molecule has 0 atom stereocenters. The van der Waals surface area contributed by atoms with Crippen molar-refractivity contribution < 1.29 is 23.9 Å². The summed E-state index contributed by atoms with van der Waals surface area (Å²) >= 11 is 0. The van der Waals surface area contributed by atoms with Crippen LogP contribution in [0.3, 0.4) is 0 Å². The number of pyridine rings is 1. The molecule has 4 heterocycles. The van der Waals surface area contributed by atoms with Gasteiger partial charge in [0.15, 0.2) is 13.1 Å². The molecule has 2 aromatic carbocycles. The monoisotopic (exact) mass is 541 g/mol. The molecule has 3 aliphatic heterocycles. The lowest BCUT2D eigenvalue weighted by molar-refractivity contribution is -0.315. The zero-order valence-electron chi connectivity index (χ0n) is 22.3. The first-order valence-corrected chi connectivity index (χ1v) is 13.4. The summed E-state index contributed by atoms with van der Waals surface area (Å²) in [6, 6.07) is 19.8. The van der Waals surface area contributed by atoms with Gasteiger partial charge in [-0.1, -0.05) is 48.5 Å². The molecule has 0 saturated carbocycles. The van der Waals surface area contributed by atoms with Gasteiger partial charge < -0.3 is 14.8 Å². The second-order valence-electron chi connectivity index (χ2n) is 10.3. The molecule has 3 aliphatic rings. The Bertz CT molecular complexity index is 1400. The van der Waals surface area contributed by atoms with Crippen LogP contribution in [0.2, 0.25) is 0 Å². The molecule has 206 valence electrons. The summed E-state index contributed by atoms with van der Waals surface area (Å²) in [5, 5.41) is 2.72. The van der Waals surface area contributed by atoms with E-state index < -0.39 is 23.9 Å². The van der Waals surface area contributed by atoms with Gasteiger partial charge >= 0.3 is 12.1 Å². The minimum atomic E-state index is -1.28. The molecule has 0 bridgehead atoms. The number of nitrogens with zero attached hydrogens (tertiary/aromatic N) is 4. The van der Waals surface area contributed by atoms with Crippen LogP contribution in [-0.4, -0.2) is 71.0 Å². The summed E-state index contributed by atoms with van der Waals surface area (Å²) < 4.78 is 10.4. The highest BCUT2D eigenvalue weighted by Crippen LogP contribution is 2.40. The average Bonchev–Trinajstić information content (AvgIpc) is 3.16. The number of imide groups is 2. The molecule has 0 unspecified atom stereocenters. The van der Waals surface area contributed by atoms with E-state index in [-0.39, 0.29) is 19.2 Å². The Morgan fingerprint density at radius 3 is 2.33 bits per heavy atom. The standard InChI is InChI=1S/C30H31N5O5/c1-21-6-5-15-31-25(21)19-33-16-13-30(14-17-33)27(36)34(29(38)35(30)28(37)32-18-26-39-20-40-26)24-11-9-23(10-12-24)22-7-3-2-4-8-22/h2-12,15,26H,13-14,16-20H2,1H3,(H,32,37). The molecule has 0 radical (unpaired) electrons. The molecule has 1 aromatic heterocycles. The lowest BCUT2D eigenvalue weighted by Crippen LogP contribution is -2.60. The smallest absolute Gasteiger partial charge is 0.332 e. The predicted octanol–water partition coefficient (Wildman–Crippen LogP) is 3.90. The van der Waals surface area contributed by atoms with E-state index in [9.17, 15) is 14.4 Å². The quantitative estimate of drug-likeness (QED) is 0.472. The molecule has 1 N–H and O–H groups in total. The fourth-order valence-electron chi connectivity index (χ4n) is 5.56. The van der Waals surface area contributed by atoms with Crippen LogP contribution in [0.15, 0.2) is 72.9 Å². The number of carbonyl (C=O) groups excluding carboxylic acids is 3. The van der Waals surface area contributed by atoms with Crippen LogP contribution in [-0.2, 0) is 20.8 Å². The number of piperidine rings is 1. The largest absolute Gasteiger partial charge is 0.340 e. The number of urea groups is 2. The molecule has 10 heteroatoms. The second-order valence-corrected chi connectivity index (χ2v) is 10.3. The fourth-order valence-corrected chi connectivity index (χ4v) is 5.56. The van der Waals surface area contributed by atoms with Crippen LogP contribution >= 0.6 is 0 Å². The molecular weight excluding hydrogens is 510 g/mol. The van der Waals surface area contributed by atoms with E-state index in [1.165, 1.54) is 0 Å². The minimum absolute atomic E-state index is 0.0870. The van der Waals surface area contributed by atoms with Crippen LogP contribution in [0.5, 0.6) is 0 Å². The number of benzene rings is 2. The number of hydrogen-bond acceptors (Lipinski definition) is 7. The van der Waals surface area contributed by atoms with Crippen LogP contribution in [0.4, 0.5) is 15.3 Å². The van der Waals surface area contributed by atoms with Gasteiger partial charge in [-0.25, -0.2) is 19.4 Å².